The number of rotatable bonds is 4. The highest BCUT2D eigenvalue weighted by Crippen LogP contribution is 2.30. The van der Waals surface area contributed by atoms with Gasteiger partial charge in [-0.1, -0.05) is 0 Å². The Morgan fingerprint density at radius 3 is 2.85 bits per heavy atom. The molecule has 2 aliphatic rings. The van der Waals surface area contributed by atoms with E-state index in [2.05, 4.69) is 10.00 Å². The molecule has 0 aliphatic carbocycles. The summed E-state index contributed by atoms with van der Waals surface area (Å²) in [6.45, 7) is 2.33. The van der Waals surface area contributed by atoms with Gasteiger partial charge >= 0.3 is 0 Å². The molecule has 0 saturated carbocycles. The quantitative estimate of drug-likeness (QED) is 0.837. The Labute approximate surface area is 150 Å². The fourth-order valence-electron chi connectivity index (χ4n) is 3.77. The Morgan fingerprint density at radius 1 is 1.31 bits per heavy atom. The number of alkyl halides is 2. The lowest BCUT2D eigenvalue weighted by Crippen LogP contribution is -2.45. The van der Waals surface area contributed by atoms with Crippen molar-refractivity contribution in [1.82, 2.24) is 19.6 Å². The van der Waals surface area contributed by atoms with Crippen molar-refractivity contribution in [3.63, 3.8) is 0 Å². The van der Waals surface area contributed by atoms with Crippen LogP contribution in [0.1, 0.15) is 36.8 Å². The highest BCUT2D eigenvalue weighted by atomic mass is 19.3. The molecule has 6 nitrogen and oxygen atoms in total. The molecule has 1 fully saturated rings. The summed E-state index contributed by atoms with van der Waals surface area (Å²) >= 11 is 0. The lowest BCUT2D eigenvalue weighted by atomic mass is 10.0. The van der Waals surface area contributed by atoms with E-state index in [9.17, 15) is 13.6 Å². The topological polar surface area (TPSA) is 54.5 Å². The number of fused-ring (bicyclic) bond motifs is 1. The van der Waals surface area contributed by atoms with Crippen molar-refractivity contribution in [3.8, 4) is 0 Å². The van der Waals surface area contributed by atoms with E-state index in [4.69, 9.17) is 4.42 Å². The zero-order valence-electron chi connectivity index (χ0n) is 14.5. The van der Waals surface area contributed by atoms with Crippen molar-refractivity contribution >= 4 is 5.91 Å². The maximum atomic E-state index is 13.3. The summed E-state index contributed by atoms with van der Waals surface area (Å²) in [5, 5.41) is 4.37. The molecule has 140 valence electrons. The fraction of sp³-hybridized carbons (Fsp3) is 0.556. The molecule has 0 bridgehead atoms. The van der Waals surface area contributed by atoms with Gasteiger partial charge in [0, 0.05) is 45.2 Å². The van der Waals surface area contributed by atoms with Crippen LogP contribution in [0.5, 0.6) is 0 Å². The Kier molecular flexibility index (Phi) is 4.52. The number of nitrogens with zero attached hydrogens (tertiary/aromatic N) is 4. The van der Waals surface area contributed by atoms with Crippen molar-refractivity contribution in [1.29, 1.82) is 0 Å². The molecule has 0 N–H and O–H groups in total. The molecule has 8 heteroatoms. The maximum absolute atomic E-state index is 13.3. The van der Waals surface area contributed by atoms with E-state index < -0.39 is 5.92 Å². The molecular formula is C18H22F2N4O2. The maximum Gasteiger partial charge on any atom is 0.251 e. The SMILES string of the molecule is O=C(C[C@@H]1CN(Cc2ccco2)Cc2ccnn21)N1CCC(F)(F)CC1. The van der Waals surface area contributed by atoms with Crippen LogP contribution in [-0.4, -0.2) is 51.0 Å². The molecule has 2 aromatic heterocycles. The van der Waals surface area contributed by atoms with Crippen LogP contribution in [0.2, 0.25) is 0 Å². The Morgan fingerprint density at radius 2 is 2.12 bits per heavy atom. The van der Waals surface area contributed by atoms with Crippen molar-refractivity contribution in [2.45, 2.75) is 44.3 Å². The summed E-state index contributed by atoms with van der Waals surface area (Å²) in [6, 6.07) is 5.64. The minimum absolute atomic E-state index is 0.0770. The highest BCUT2D eigenvalue weighted by Gasteiger charge is 2.36. The van der Waals surface area contributed by atoms with Gasteiger partial charge in [0.25, 0.3) is 5.92 Å². The first-order chi connectivity index (χ1) is 12.5. The molecule has 0 radical (unpaired) electrons. The molecule has 4 heterocycles. The zero-order chi connectivity index (χ0) is 18.1. The van der Waals surface area contributed by atoms with Crippen molar-refractivity contribution in [2.24, 2.45) is 0 Å². The van der Waals surface area contributed by atoms with Gasteiger partial charge in [-0.05, 0) is 18.2 Å². The lowest BCUT2D eigenvalue weighted by molar-refractivity contribution is -0.138. The predicted octanol–water partition coefficient (Wildman–Crippen LogP) is 2.68. The highest BCUT2D eigenvalue weighted by molar-refractivity contribution is 5.76. The summed E-state index contributed by atoms with van der Waals surface area (Å²) in [5.41, 5.74) is 1.05. The molecule has 4 rings (SSSR count). The van der Waals surface area contributed by atoms with Crippen LogP contribution in [0.15, 0.2) is 35.1 Å². The van der Waals surface area contributed by atoms with Crippen LogP contribution in [0.3, 0.4) is 0 Å². The van der Waals surface area contributed by atoms with Crippen LogP contribution in [0.25, 0.3) is 0 Å². The average Bonchev–Trinajstić information content (AvgIpc) is 3.26. The minimum atomic E-state index is -2.64. The van der Waals surface area contributed by atoms with Gasteiger partial charge in [0.15, 0.2) is 0 Å². The van der Waals surface area contributed by atoms with Crippen molar-refractivity contribution < 1.29 is 18.0 Å². The third-order valence-electron chi connectivity index (χ3n) is 5.17. The number of furan rings is 1. The van der Waals surface area contributed by atoms with Gasteiger partial charge in [-0.25, -0.2) is 8.78 Å². The van der Waals surface area contributed by atoms with E-state index in [0.29, 0.717) is 13.1 Å². The third-order valence-corrected chi connectivity index (χ3v) is 5.17. The number of likely N-dealkylation sites (tertiary alicyclic amines) is 1. The van der Waals surface area contributed by atoms with E-state index >= 15 is 0 Å². The zero-order valence-corrected chi connectivity index (χ0v) is 14.5. The third kappa shape index (κ3) is 3.65. The number of aromatic nitrogens is 2. The van der Waals surface area contributed by atoms with Gasteiger partial charge in [-0.15, -0.1) is 0 Å². The van der Waals surface area contributed by atoms with Crippen LogP contribution in [0, 0.1) is 0 Å². The van der Waals surface area contributed by atoms with E-state index in [0.717, 1.165) is 18.0 Å². The number of carbonyl (C=O) groups excluding carboxylic acids is 1. The summed E-state index contributed by atoms with van der Waals surface area (Å²) < 4.78 is 34.0. The van der Waals surface area contributed by atoms with Gasteiger partial charge in [0.1, 0.15) is 5.76 Å². The summed E-state index contributed by atoms with van der Waals surface area (Å²) in [7, 11) is 0. The number of carbonyl (C=O) groups is 1. The Bertz CT molecular complexity index is 749. The largest absolute Gasteiger partial charge is 0.468 e. The standard InChI is InChI=1S/C18H22F2N4O2/c19-18(20)4-7-23(8-5-18)17(25)10-15-12-22(13-16-2-1-9-26-16)11-14-3-6-21-24(14)15/h1-3,6,9,15H,4-5,7-8,10-13H2/t15-/m1/s1. The number of amides is 1. The monoisotopic (exact) mass is 364 g/mol. The van der Waals surface area contributed by atoms with Crippen LogP contribution < -0.4 is 0 Å². The van der Waals surface area contributed by atoms with Gasteiger partial charge < -0.3 is 9.32 Å². The first kappa shape index (κ1) is 17.2. The molecule has 0 unspecified atom stereocenters. The molecule has 26 heavy (non-hydrogen) atoms. The van der Waals surface area contributed by atoms with E-state index in [-0.39, 0.29) is 44.3 Å². The normalized spacial score (nSPS) is 23.0. The molecule has 1 saturated heterocycles. The number of halogens is 2. The molecule has 1 amide bonds. The average molecular weight is 364 g/mol. The summed E-state index contributed by atoms with van der Waals surface area (Å²) in [4.78, 5) is 16.4. The van der Waals surface area contributed by atoms with Crippen LogP contribution in [0.4, 0.5) is 8.78 Å². The smallest absolute Gasteiger partial charge is 0.251 e. The fourth-order valence-corrected chi connectivity index (χ4v) is 3.77. The number of piperidine rings is 1. The van der Waals surface area contributed by atoms with E-state index in [1.807, 2.05) is 22.9 Å². The molecular weight excluding hydrogens is 342 g/mol. The van der Waals surface area contributed by atoms with Crippen molar-refractivity contribution in [3.05, 3.63) is 42.1 Å². The van der Waals surface area contributed by atoms with E-state index in [1.54, 1.807) is 17.4 Å². The Hall–Kier alpha value is -2.22. The number of hydrogen-bond donors (Lipinski definition) is 0. The molecule has 2 aromatic rings. The molecule has 1 atom stereocenters. The van der Waals surface area contributed by atoms with Crippen molar-refractivity contribution in [2.75, 3.05) is 19.6 Å². The van der Waals surface area contributed by atoms with Crippen LogP contribution in [-0.2, 0) is 17.9 Å². The first-order valence-electron chi connectivity index (χ1n) is 8.93. The second-order valence-electron chi connectivity index (χ2n) is 7.11. The second-order valence-corrected chi connectivity index (χ2v) is 7.11. The van der Waals surface area contributed by atoms with Gasteiger partial charge in [-0.3, -0.25) is 14.4 Å². The van der Waals surface area contributed by atoms with E-state index in [1.165, 1.54) is 0 Å². The lowest BCUT2D eigenvalue weighted by Gasteiger charge is -2.36. The Balaban J connectivity index is 1.42. The molecule has 0 aromatic carbocycles. The van der Waals surface area contributed by atoms with Gasteiger partial charge in [0.2, 0.25) is 5.91 Å². The van der Waals surface area contributed by atoms with Crippen LogP contribution >= 0.6 is 0 Å². The first-order valence-corrected chi connectivity index (χ1v) is 8.93. The summed E-state index contributed by atoms with van der Waals surface area (Å²) in [6.07, 6.45) is 3.16. The summed E-state index contributed by atoms with van der Waals surface area (Å²) in [5.74, 6) is -1.84. The molecule has 2 aliphatic heterocycles. The second kappa shape index (κ2) is 6.83. The predicted molar refractivity (Wildman–Crippen MR) is 89.5 cm³/mol. The van der Waals surface area contributed by atoms with Gasteiger partial charge in [0.05, 0.1) is 31.0 Å². The van der Waals surface area contributed by atoms with Gasteiger partial charge in [-0.2, -0.15) is 5.10 Å². The minimum Gasteiger partial charge on any atom is -0.468 e. The number of hydrogen-bond acceptors (Lipinski definition) is 4. The molecule has 0 spiro atoms.